The molecule has 126 valence electrons. The topological polar surface area (TPSA) is 74.7 Å². The summed E-state index contributed by atoms with van der Waals surface area (Å²) in [4.78, 5) is 13.9. The Hall–Kier alpha value is -1.38. The van der Waals surface area contributed by atoms with Crippen molar-refractivity contribution in [3.63, 3.8) is 0 Å². The summed E-state index contributed by atoms with van der Waals surface area (Å²) in [6, 6.07) is 2.93. The van der Waals surface area contributed by atoms with Crippen LogP contribution in [0.15, 0.2) is 23.1 Å². The van der Waals surface area contributed by atoms with E-state index in [4.69, 9.17) is 0 Å². The molecule has 7 nitrogen and oxygen atoms in total. The first-order valence-electron chi connectivity index (χ1n) is 7.52. The predicted molar refractivity (Wildman–Crippen MR) is 89.4 cm³/mol. The summed E-state index contributed by atoms with van der Waals surface area (Å²) < 4.78 is 30.4. The maximum Gasteiger partial charge on any atom is 0.301 e. The molecule has 0 amide bonds. The number of nitrogens with one attached hydrogen (secondary N) is 1. The number of piperazine rings is 1. The smallest absolute Gasteiger partial charge is 0.301 e. The molecule has 1 fully saturated rings. The van der Waals surface area contributed by atoms with Crippen LogP contribution in [0.25, 0.3) is 0 Å². The van der Waals surface area contributed by atoms with Gasteiger partial charge in [-0.05, 0) is 26.5 Å². The van der Waals surface area contributed by atoms with Crippen LogP contribution in [0.2, 0.25) is 0 Å². The number of nitrogens with zero attached hydrogens (tertiary/aromatic N) is 3. The van der Waals surface area contributed by atoms with Crippen LogP contribution in [-0.2, 0) is 10.2 Å². The van der Waals surface area contributed by atoms with Crippen LogP contribution in [-0.4, -0.2) is 55.4 Å². The van der Waals surface area contributed by atoms with Gasteiger partial charge in [-0.2, -0.15) is 12.7 Å². The Labute approximate surface area is 133 Å². The van der Waals surface area contributed by atoms with E-state index in [1.165, 1.54) is 16.4 Å². The van der Waals surface area contributed by atoms with Gasteiger partial charge in [0.25, 0.3) is 5.56 Å². The maximum atomic E-state index is 12.4. The first-order chi connectivity index (χ1) is 10.3. The van der Waals surface area contributed by atoms with Crippen molar-refractivity contribution in [2.24, 2.45) is 0 Å². The third kappa shape index (κ3) is 3.88. The molecule has 0 radical (unpaired) electrons. The number of anilines is 1. The van der Waals surface area contributed by atoms with Crippen molar-refractivity contribution < 1.29 is 9.84 Å². The van der Waals surface area contributed by atoms with Crippen LogP contribution < -0.4 is 10.3 Å². The summed E-state index contributed by atoms with van der Waals surface area (Å²) in [7, 11) is -1.61. The molecule has 1 aliphatic heterocycles. The van der Waals surface area contributed by atoms with Crippen LogP contribution in [0.5, 0.6) is 0 Å². The highest BCUT2D eigenvalue weighted by Crippen LogP contribution is 2.14. The van der Waals surface area contributed by atoms with Gasteiger partial charge in [-0.3, -0.25) is 9.52 Å². The summed E-state index contributed by atoms with van der Waals surface area (Å²) in [5, 5.41) is 0. The van der Waals surface area contributed by atoms with Gasteiger partial charge in [0, 0.05) is 45.9 Å². The second-order valence-electron chi connectivity index (χ2n) is 5.73. The Bertz CT molecular complexity index is 669. The minimum Gasteiger partial charge on any atom is -0.311 e. The molecule has 1 atom stereocenters. The molecular weight excluding hydrogens is 304 g/mol. The number of rotatable bonds is 5. The molecule has 1 N–H and O–H groups in total. The molecule has 0 bridgehead atoms. The molecule has 1 unspecified atom stereocenters. The molecule has 2 rings (SSSR count). The Balaban J connectivity index is 0.00000264. The van der Waals surface area contributed by atoms with E-state index < -0.39 is 10.2 Å². The fraction of sp³-hybridized carbons (Fsp3) is 0.643. The average Bonchev–Trinajstić information content (AvgIpc) is 2.48. The van der Waals surface area contributed by atoms with Crippen LogP contribution in [0.4, 0.5) is 5.69 Å². The molecule has 0 spiro atoms. The van der Waals surface area contributed by atoms with E-state index in [2.05, 4.69) is 9.62 Å². The van der Waals surface area contributed by atoms with E-state index >= 15 is 0 Å². The predicted octanol–water partition coefficient (Wildman–Crippen LogP) is 0.969. The van der Waals surface area contributed by atoms with Gasteiger partial charge in [-0.15, -0.1) is 0 Å². The molecule has 1 aromatic rings. The molecule has 1 saturated heterocycles. The largest absolute Gasteiger partial charge is 0.311 e. The first-order valence-corrected chi connectivity index (χ1v) is 8.96. The second kappa shape index (κ2) is 6.80. The Kier molecular flexibility index (Phi) is 5.25. The number of pyridine rings is 1. The highest BCUT2D eigenvalue weighted by Gasteiger charge is 2.25. The Morgan fingerprint density at radius 1 is 1.27 bits per heavy atom. The van der Waals surface area contributed by atoms with Crippen molar-refractivity contribution in [2.75, 3.05) is 37.9 Å². The summed E-state index contributed by atoms with van der Waals surface area (Å²) >= 11 is 0. The molecular formula is C14H26N4O3S. The summed E-state index contributed by atoms with van der Waals surface area (Å²) in [5.74, 6) is 0. The van der Waals surface area contributed by atoms with Crippen LogP contribution in [0, 0.1) is 0 Å². The third-order valence-corrected chi connectivity index (χ3v) is 5.59. The number of hydrogen-bond donors (Lipinski definition) is 1. The van der Waals surface area contributed by atoms with Gasteiger partial charge in [-0.1, -0.05) is 6.92 Å². The van der Waals surface area contributed by atoms with Gasteiger partial charge in [0.2, 0.25) is 0 Å². The Morgan fingerprint density at radius 2 is 1.91 bits per heavy atom. The van der Waals surface area contributed by atoms with E-state index in [9.17, 15) is 13.2 Å². The van der Waals surface area contributed by atoms with E-state index in [1.807, 2.05) is 20.9 Å². The molecule has 8 heteroatoms. The van der Waals surface area contributed by atoms with Crippen molar-refractivity contribution in [1.82, 2.24) is 13.8 Å². The lowest BCUT2D eigenvalue weighted by atomic mass is 10.2. The fourth-order valence-corrected chi connectivity index (χ4v) is 3.54. The second-order valence-corrected chi connectivity index (χ2v) is 7.40. The van der Waals surface area contributed by atoms with E-state index in [-0.39, 0.29) is 13.0 Å². The van der Waals surface area contributed by atoms with Gasteiger partial charge in [-0.25, -0.2) is 0 Å². The van der Waals surface area contributed by atoms with Crippen molar-refractivity contribution in [2.45, 2.75) is 26.3 Å². The third-order valence-electron chi connectivity index (χ3n) is 4.05. The molecule has 0 saturated carbocycles. The maximum absolute atomic E-state index is 12.4. The van der Waals surface area contributed by atoms with Gasteiger partial charge >= 0.3 is 10.2 Å². The molecule has 0 aromatic carbocycles. The lowest BCUT2D eigenvalue weighted by Crippen LogP contribution is -2.48. The zero-order chi connectivity index (χ0) is 16.3. The zero-order valence-corrected chi connectivity index (χ0v) is 14.1. The SMILES string of the molecule is CCC(C)n1cc(NS(=O)(=O)N2CCN(C)CC2)ccc1=O.[HH]. The van der Waals surface area contributed by atoms with Gasteiger partial charge in [0.15, 0.2) is 0 Å². The minimum absolute atomic E-state index is 0. The van der Waals surface area contributed by atoms with Crippen molar-refractivity contribution in [3.8, 4) is 0 Å². The summed E-state index contributed by atoms with van der Waals surface area (Å²) in [6.07, 6.45) is 2.37. The van der Waals surface area contributed by atoms with Gasteiger partial charge < -0.3 is 9.47 Å². The fourth-order valence-electron chi connectivity index (χ4n) is 2.35. The minimum atomic E-state index is -3.58. The summed E-state index contributed by atoms with van der Waals surface area (Å²) in [6.45, 7) is 6.28. The highest BCUT2D eigenvalue weighted by atomic mass is 32.2. The zero-order valence-electron chi connectivity index (χ0n) is 13.3. The van der Waals surface area contributed by atoms with Crippen molar-refractivity contribution in [1.29, 1.82) is 0 Å². The lowest BCUT2D eigenvalue weighted by Gasteiger charge is -2.31. The van der Waals surface area contributed by atoms with E-state index in [0.29, 0.717) is 31.9 Å². The van der Waals surface area contributed by atoms with E-state index in [0.717, 1.165) is 6.42 Å². The molecule has 22 heavy (non-hydrogen) atoms. The molecule has 1 aliphatic rings. The monoisotopic (exact) mass is 330 g/mol. The van der Waals surface area contributed by atoms with Gasteiger partial charge in [0.1, 0.15) is 0 Å². The quantitative estimate of drug-likeness (QED) is 0.873. The Morgan fingerprint density at radius 3 is 2.50 bits per heavy atom. The van der Waals surface area contributed by atoms with Crippen LogP contribution in [0.1, 0.15) is 27.7 Å². The molecule has 2 heterocycles. The lowest BCUT2D eigenvalue weighted by molar-refractivity contribution is 0.223. The normalized spacial score (nSPS) is 19.0. The number of hydrogen-bond acceptors (Lipinski definition) is 4. The highest BCUT2D eigenvalue weighted by molar-refractivity contribution is 7.90. The van der Waals surface area contributed by atoms with E-state index in [1.54, 1.807) is 10.8 Å². The molecule has 1 aromatic heterocycles. The van der Waals surface area contributed by atoms with Gasteiger partial charge in [0.05, 0.1) is 5.69 Å². The van der Waals surface area contributed by atoms with Crippen molar-refractivity contribution in [3.05, 3.63) is 28.7 Å². The standard InChI is InChI=1S/C14H24N4O3S.H2/c1-4-12(2)18-11-13(5-6-14(18)19)15-22(20,21)17-9-7-16(3)8-10-17;/h5-6,11-12,15H,4,7-10H2,1-3H3;1H. The first kappa shape index (κ1) is 17.0. The van der Waals surface area contributed by atoms with Crippen molar-refractivity contribution >= 4 is 15.9 Å². The average molecular weight is 330 g/mol. The number of likely N-dealkylation sites (N-methyl/N-ethyl adjacent to an activating group) is 1. The number of aromatic nitrogens is 1. The molecule has 0 aliphatic carbocycles. The van der Waals surface area contributed by atoms with Crippen LogP contribution in [0.3, 0.4) is 0 Å². The van der Waals surface area contributed by atoms with Crippen LogP contribution >= 0.6 is 0 Å². The summed E-state index contributed by atoms with van der Waals surface area (Å²) in [5.41, 5.74) is 0.288.